The van der Waals surface area contributed by atoms with Gasteiger partial charge in [0.05, 0.1) is 18.8 Å². The Bertz CT molecular complexity index is 827. The van der Waals surface area contributed by atoms with Crippen molar-refractivity contribution in [3.8, 4) is 5.75 Å². The van der Waals surface area contributed by atoms with Gasteiger partial charge in [-0.1, -0.05) is 35.4 Å². The molecule has 2 aromatic carbocycles. The summed E-state index contributed by atoms with van der Waals surface area (Å²) in [6.07, 6.45) is 1.09. The van der Waals surface area contributed by atoms with Crippen LogP contribution < -0.4 is 10.1 Å². The Labute approximate surface area is 172 Å². The minimum absolute atomic E-state index is 0.570. The smallest absolute Gasteiger partial charge is 0.174 e. The van der Waals surface area contributed by atoms with E-state index in [1.807, 2.05) is 18.2 Å². The van der Waals surface area contributed by atoms with Gasteiger partial charge in [0.15, 0.2) is 5.11 Å². The van der Waals surface area contributed by atoms with E-state index in [0.717, 1.165) is 43.5 Å². The van der Waals surface area contributed by atoms with Gasteiger partial charge in [0, 0.05) is 25.3 Å². The molecule has 0 spiro atoms. The zero-order valence-corrected chi connectivity index (χ0v) is 17.7. The third-order valence-electron chi connectivity index (χ3n) is 4.86. The number of nitrogens with one attached hydrogen (secondary N) is 1. The van der Waals surface area contributed by atoms with E-state index in [9.17, 15) is 0 Å². The van der Waals surface area contributed by atoms with Gasteiger partial charge in [0.1, 0.15) is 5.75 Å². The summed E-state index contributed by atoms with van der Waals surface area (Å²) in [6, 6.07) is 12.3. The predicted octanol–water partition coefficient (Wildman–Crippen LogP) is 4.83. The highest BCUT2D eigenvalue weighted by Gasteiger charge is 2.20. The molecule has 27 heavy (non-hydrogen) atoms. The number of ether oxygens (including phenoxy) is 1. The molecule has 0 amide bonds. The summed E-state index contributed by atoms with van der Waals surface area (Å²) in [7, 11) is 1.61. The molecule has 3 rings (SSSR count). The minimum Gasteiger partial charge on any atom is -0.495 e. The number of anilines is 1. The zero-order valence-electron chi connectivity index (χ0n) is 16.1. The van der Waals surface area contributed by atoms with Crippen LogP contribution in [0.1, 0.15) is 23.1 Å². The highest BCUT2D eigenvalue weighted by atomic mass is 35.5. The lowest BCUT2D eigenvalue weighted by Gasteiger charge is -2.37. The van der Waals surface area contributed by atoms with Crippen molar-refractivity contribution in [1.82, 2.24) is 9.80 Å². The Kier molecular flexibility index (Phi) is 6.58. The van der Waals surface area contributed by atoms with Gasteiger partial charge in [-0.05, 0) is 61.8 Å². The number of benzene rings is 2. The molecule has 0 bridgehead atoms. The van der Waals surface area contributed by atoms with E-state index in [1.165, 1.54) is 16.7 Å². The predicted molar refractivity (Wildman–Crippen MR) is 117 cm³/mol. The van der Waals surface area contributed by atoms with Crippen LogP contribution in [0.5, 0.6) is 5.75 Å². The number of aryl methyl sites for hydroxylation is 2. The molecule has 1 aliphatic rings. The first-order valence-electron chi connectivity index (χ1n) is 9.14. The number of hydrogen-bond donors (Lipinski definition) is 1. The maximum atomic E-state index is 6.21. The van der Waals surface area contributed by atoms with E-state index in [4.69, 9.17) is 28.6 Å². The topological polar surface area (TPSA) is 27.7 Å². The van der Waals surface area contributed by atoms with Crippen LogP contribution in [-0.4, -0.2) is 41.8 Å². The van der Waals surface area contributed by atoms with Gasteiger partial charge in [0.25, 0.3) is 0 Å². The summed E-state index contributed by atoms with van der Waals surface area (Å²) in [5.74, 6) is 0.658. The molecule has 1 aliphatic heterocycles. The number of methoxy groups -OCH3 is 1. The first-order valence-corrected chi connectivity index (χ1v) is 9.93. The molecule has 1 N–H and O–H groups in total. The number of nitrogens with zero attached hydrogens (tertiary/aromatic N) is 2. The molecule has 0 radical (unpaired) electrons. The van der Waals surface area contributed by atoms with Gasteiger partial charge >= 0.3 is 0 Å². The summed E-state index contributed by atoms with van der Waals surface area (Å²) in [5.41, 5.74) is 4.90. The largest absolute Gasteiger partial charge is 0.495 e. The molecule has 1 fully saturated rings. The molecule has 0 aromatic heterocycles. The second-order valence-electron chi connectivity index (χ2n) is 7.02. The van der Waals surface area contributed by atoms with Crippen LogP contribution in [0.3, 0.4) is 0 Å². The van der Waals surface area contributed by atoms with Crippen molar-refractivity contribution in [3.63, 3.8) is 0 Å². The molecular weight excluding hydrogens is 378 g/mol. The van der Waals surface area contributed by atoms with E-state index < -0.39 is 0 Å². The third-order valence-corrected chi connectivity index (χ3v) is 5.52. The molecule has 0 atom stereocenters. The first kappa shape index (κ1) is 19.9. The lowest BCUT2D eigenvalue weighted by atomic mass is 10.0. The number of thiocarbonyl (C=S) groups is 1. The van der Waals surface area contributed by atoms with Crippen molar-refractivity contribution >= 4 is 34.6 Å². The molecule has 1 heterocycles. The SMILES string of the molecule is COc1ccc(NC(=S)N2CCCN(Cc3cc(C)ccc3C)C2)cc1Cl. The van der Waals surface area contributed by atoms with Crippen LogP contribution in [0.2, 0.25) is 5.02 Å². The number of halogens is 1. The summed E-state index contributed by atoms with van der Waals surface area (Å²) in [5, 5.41) is 4.59. The van der Waals surface area contributed by atoms with Crippen LogP contribution in [-0.2, 0) is 6.54 Å². The van der Waals surface area contributed by atoms with Gasteiger partial charge in [-0.25, -0.2) is 0 Å². The van der Waals surface area contributed by atoms with Crippen LogP contribution >= 0.6 is 23.8 Å². The summed E-state index contributed by atoms with van der Waals surface area (Å²) in [6.45, 7) is 8.13. The van der Waals surface area contributed by atoms with Gasteiger partial charge in [-0.2, -0.15) is 0 Å². The second-order valence-corrected chi connectivity index (χ2v) is 7.81. The maximum absolute atomic E-state index is 6.21. The first-order chi connectivity index (χ1) is 13.0. The van der Waals surface area contributed by atoms with Crippen molar-refractivity contribution < 1.29 is 4.74 Å². The molecule has 2 aromatic rings. The van der Waals surface area contributed by atoms with E-state index >= 15 is 0 Å². The molecule has 0 unspecified atom stereocenters. The molecular formula is C21H26ClN3OS. The van der Waals surface area contributed by atoms with Crippen molar-refractivity contribution in [3.05, 3.63) is 58.1 Å². The van der Waals surface area contributed by atoms with Crippen molar-refractivity contribution in [1.29, 1.82) is 0 Å². The lowest BCUT2D eigenvalue weighted by Crippen LogP contribution is -2.48. The van der Waals surface area contributed by atoms with Crippen molar-refractivity contribution in [2.75, 3.05) is 32.2 Å². The van der Waals surface area contributed by atoms with E-state index in [-0.39, 0.29) is 0 Å². The van der Waals surface area contributed by atoms with E-state index in [0.29, 0.717) is 10.8 Å². The Balaban J connectivity index is 1.62. The molecule has 0 saturated carbocycles. The van der Waals surface area contributed by atoms with Crippen LogP contribution in [0, 0.1) is 13.8 Å². The Morgan fingerprint density at radius 3 is 2.74 bits per heavy atom. The lowest BCUT2D eigenvalue weighted by molar-refractivity contribution is 0.133. The monoisotopic (exact) mass is 403 g/mol. The van der Waals surface area contributed by atoms with Gasteiger partial charge < -0.3 is 15.0 Å². The summed E-state index contributed by atoms with van der Waals surface area (Å²) in [4.78, 5) is 4.66. The Morgan fingerprint density at radius 1 is 1.19 bits per heavy atom. The van der Waals surface area contributed by atoms with Gasteiger partial charge in [-0.3, -0.25) is 4.90 Å². The van der Waals surface area contributed by atoms with E-state index in [1.54, 1.807) is 7.11 Å². The molecule has 4 nitrogen and oxygen atoms in total. The average Bonchev–Trinajstić information content (AvgIpc) is 2.65. The van der Waals surface area contributed by atoms with Crippen molar-refractivity contribution in [2.45, 2.75) is 26.8 Å². The maximum Gasteiger partial charge on any atom is 0.174 e. The standard InChI is InChI=1S/C21H26ClN3OS/c1-15-5-6-16(2)17(11-15)13-24-9-4-10-25(14-24)21(27)23-18-7-8-20(26-3)19(22)12-18/h5-8,11-12H,4,9-10,13-14H2,1-3H3,(H,23,27). The third kappa shape index (κ3) is 5.12. The fourth-order valence-electron chi connectivity index (χ4n) is 3.32. The highest BCUT2D eigenvalue weighted by Crippen LogP contribution is 2.27. The summed E-state index contributed by atoms with van der Waals surface area (Å²) < 4.78 is 5.20. The minimum atomic E-state index is 0.570. The highest BCUT2D eigenvalue weighted by molar-refractivity contribution is 7.80. The quantitative estimate of drug-likeness (QED) is 0.738. The number of hydrogen-bond acceptors (Lipinski definition) is 3. The fourth-order valence-corrected chi connectivity index (χ4v) is 3.85. The van der Waals surface area contributed by atoms with Gasteiger partial charge in [0.2, 0.25) is 0 Å². The second kappa shape index (κ2) is 8.91. The molecule has 0 aliphatic carbocycles. The molecule has 1 saturated heterocycles. The van der Waals surface area contributed by atoms with Crippen LogP contribution in [0.4, 0.5) is 5.69 Å². The summed E-state index contributed by atoms with van der Waals surface area (Å²) >= 11 is 11.8. The number of rotatable bonds is 4. The van der Waals surface area contributed by atoms with Crippen LogP contribution in [0.15, 0.2) is 36.4 Å². The van der Waals surface area contributed by atoms with Gasteiger partial charge in [-0.15, -0.1) is 0 Å². The van der Waals surface area contributed by atoms with E-state index in [2.05, 4.69) is 47.2 Å². The normalized spacial score (nSPS) is 14.9. The van der Waals surface area contributed by atoms with Crippen molar-refractivity contribution in [2.24, 2.45) is 0 Å². The fraction of sp³-hybridized carbons (Fsp3) is 0.381. The Morgan fingerprint density at radius 2 is 2.00 bits per heavy atom. The average molecular weight is 404 g/mol. The molecule has 144 valence electrons. The van der Waals surface area contributed by atoms with Crippen LogP contribution in [0.25, 0.3) is 0 Å². The Hall–Kier alpha value is -1.82. The zero-order chi connectivity index (χ0) is 19.4. The molecule has 6 heteroatoms.